The number of benzene rings is 2. The highest BCUT2D eigenvalue weighted by Crippen LogP contribution is 2.17. The Hall–Kier alpha value is -2.80. The second kappa shape index (κ2) is 8.73. The van der Waals surface area contributed by atoms with Crippen LogP contribution in [0.2, 0.25) is 0 Å². The molecule has 3 rings (SSSR count). The highest BCUT2D eigenvalue weighted by Gasteiger charge is 2.22. The Bertz CT molecular complexity index is 795. The van der Waals surface area contributed by atoms with Crippen LogP contribution in [0.3, 0.4) is 0 Å². The maximum absolute atomic E-state index is 12.5. The largest absolute Gasteiger partial charge is 0.435 e. The predicted molar refractivity (Wildman–Crippen MR) is 98.7 cm³/mol. The van der Waals surface area contributed by atoms with Gasteiger partial charge in [0.1, 0.15) is 5.75 Å². The van der Waals surface area contributed by atoms with Gasteiger partial charge in [0.25, 0.3) is 5.91 Å². The molecule has 0 unspecified atom stereocenters. The summed E-state index contributed by atoms with van der Waals surface area (Å²) in [5, 5.41) is 5.96. The fourth-order valence-corrected chi connectivity index (χ4v) is 2.93. The molecule has 0 saturated carbocycles. The van der Waals surface area contributed by atoms with Gasteiger partial charge in [0.15, 0.2) is 0 Å². The van der Waals surface area contributed by atoms with Crippen LogP contribution >= 0.6 is 0 Å². The van der Waals surface area contributed by atoms with Crippen molar-refractivity contribution in [1.82, 2.24) is 9.91 Å². The average Bonchev–Trinajstić information content (AvgIpc) is 3.14. The first-order chi connectivity index (χ1) is 13.0. The number of nitrogens with zero attached hydrogens (tertiary/aromatic N) is 3. The van der Waals surface area contributed by atoms with Crippen LogP contribution in [0.4, 0.5) is 8.78 Å². The zero-order valence-corrected chi connectivity index (χ0v) is 15.0. The first-order valence-electron chi connectivity index (χ1n) is 8.67. The monoisotopic (exact) mass is 373 g/mol. The molecule has 0 atom stereocenters. The summed E-state index contributed by atoms with van der Waals surface area (Å²) >= 11 is 0. The Kier molecular flexibility index (Phi) is 6.13. The lowest BCUT2D eigenvalue weighted by molar-refractivity contribution is -0.131. The van der Waals surface area contributed by atoms with Crippen molar-refractivity contribution in [3.8, 4) is 5.75 Å². The predicted octanol–water partition coefficient (Wildman–Crippen LogP) is 3.36. The Labute approximate surface area is 156 Å². The van der Waals surface area contributed by atoms with Gasteiger partial charge in [-0.1, -0.05) is 42.5 Å². The molecule has 1 aliphatic rings. The minimum atomic E-state index is -2.84. The van der Waals surface area contributed by atoms with Crippen LogP contribution in [0.1, 0.15) is 17.5 Å². The molecule has 0 bridgehead atoms. The molecule has 2 aromatic carbocycles. The van der Waals surface area contributed by atoms with E-state index in [0.717, 1.165) is 23.3 Å². The number of carbonyl (C=O) groups excluding carboxylic acids is 1. The first-order valence-corrected chi connectivity index (χ1v) is 8.67. The fraction of sp³-hybridized carbons (Fsp3) is 0.300. The summed E-state index contributed by atoms with van der Waals surface area (Å²) < 4.78 is 28.7. The van der Waals surface area contributed by atoms with E-state index >= 15 is 0 Å². The average molecular weight is 373 g/mol. The zero-order valence-electron chi connectivity index (χ0n) is 15.0. The number of carbonyl (C=O) groups is 1. The van der Waals surface area contributed by atoms with Gasteiger partial charge in [0.05, 0.1) is 18.8 Å². The number of amides is 1. The number of likely N-dealkylation sites (N-methyl/N-ethyl adjacent to an activating group) is 1. The number of hydrogen-bond acceptors (Lipinski definition) is 4. The summed E-state index contributed by atoms with van der Waals surface area (Å²) in [5.41, 5.74) is 2.86. The molecule has 1 heterocycles. The van der Waals surface area contributed by atoms with Gasteiger partial charge in [-0.15, -0.1) is 0 Å². The molecule has 142 valence electrons. The van der Waals surface area contributed by atoms with E-state index < -0.39 is 6.61 Å². The van der Waals surface area contributed by atoms with Crippen molar-refractivity contribution >= 4 is 11.6 Å². The summed E-state index contributed by atoms with van der Waals surface area (Å²) in [6, 6.07) is 16.2. The van der Waals surface area contributed by atoms with E-state index in [9.17, 15) is 13.6 Å². The van der Waals surface area contributed by atoms with Gasteiger partial charge in [-0.25, -0.2) is 5.01 Å². The van der Waals surface area contributed by atoms with Crippen LogP contribution in [0.5, 0.6) is 5.75 Å². The highest BCUT2D eigenvalue weighted by molar-refractivity contribution is 6.02. The van der Waals surface area contributed by atoms with Gasteiger partial charge in [0.2, 0.25) is 0 Å². The molecule has 7 heteroatoms. The van der Waals surface area contributed by atoms with Crippen molar-refractivity contribution in [2.24, 2.45) is 5.10 Å². The normalized spacial score (nSPS) is 14.0. The van der Waals surface area contributed by atoms with Crippen LogP contribution in [-0.4, -0.2) is 48.3 Å². The third-order valence-corrected chi connectivity index (χ3v) is 4.20. The third kappa shape index (κ3) is 5.34. The van der Waals surface area contributed by atoms with Crippen molar-refractivity contribution in [2.45, 2.75) is 19.6 Å². The molecular weight excluding hydrogens is 352 g/mol. The molecule has 0 radical (unpaired) electrons. The first kappa shape index (κ1) is 19.0. The van der Waals surface area contributed by atoms with Crippen molar-refractivity contribution < 1.29 is 18.3 Å². The van der Waals surface area contributed by atoms with Crippen molar-refractivity contribution in [3.05, 3.63) is 65.7 Å². The number of halogens is 2. The summed E-state index contributed by atoms with van der Waals surface area (Å²) in [6.07, 6.45) is 0.741. The molecular formula is C20H21F2N3O2. The van der Waals surface area contributed by atoms with Gasteiger partial charge in [-0.05, 0) is 30.3 Å². The van der Waals surface area contributed by atoms with E-state index in [4.69, 9.17) is 0 Å². The van der Waals surface area contributed by atoms with E-state index in [1.54, 1.807) is 12.1 Å². The molecule has 0 aliphatic carbocycles. The molecule has 0 aromatic heterocycles. The van der Waals surface area contributed by atoms with Crippen LogP contribution < -0.4 is 4.74 Å². The van der Waals surface area contributed by atoms with Crippen LogP contribution in [0, 0.1) is 0 Å². The SMILES string of the molecule is CN(CC(=O)N1CCC(c2ccccc2)=N1)Cc1ccc(OC(F)F)cc1. The lowest BCUT2D eigenvalue weighted by atomic mass is 10.1. The molecule has 2 aromatic rings. The lowest BCUT2D eigenvalue weighted by Crippen LogP contribution is -2.34. The lowest BCUT2D eigenvalue weighted by Gasteiger charge is -2.19. The van der Waals surface area contributed by atoms with Gasteiger partial charge >= 0.3 is 6.61 Å². The second-order valence-electron chi connectivity index (χ2n) is 6.37. The number of ether oxygens (including phenoxy) is 1. The molecule has 0 N–H and O–H groups in total. The van der Waals surface area contributed by atoms with Crippen LogP contribution in [0.15, 0.2) is 59.7 Å². The number of hydrogen-bond donors (Lipinski definition) is 0. The quantitative estimate of drug-likeness (QED) is 0.748. The molecule has 27 heavy (non-hydrogen) atoms. The maximum atomic E-state index is 12.5. The highest BCUT2D eigenvalue weighted by atomic mass is 19.3. The summed E-state index contributed by atoms with van der Waals surface area (Å²) in [6.45, 7) is -1.51. The maximum Gasteiger partial charge on any atom is 0.387 e. The smallest absolute Gasteiger partial charge is 0.387 e. The molecule has 1 amide bonds. The standard InChI is InChI=1S/C20H21F2N3O2/c1-24(13-15-7-9-17(10-8-15)27-20(21)22)14-19(26)25-12-11-18(23-25)16-5-3-2-4-6-16/h2-10,20H,11-14H2,1H3. The number of hydrazone groups is 1. The minimum absolute atomic E-state index is 0.0684. The Morgan fingerprint density at radius 3 is 2.56 bits per heavy atom. The number of rotatable bonds is 7. The number of alkyl halides is 2. The van der Waals surface area contributed by atoms with E-state index in [0.29, 0.717) is 13.1 Å². The van der Waals surface area contributed by atoms with Crippen molar-refractivity contribution in [1.29, 1.82) is 0 Å². The van der Waals surface area contributed by atoms with Crippen LogP contribution in [0.25, 0.3) is 0 Å². The minimum Gasteiger partial charge on any atom is -0.435 e. The Morgan fingerprint density at radius 1 is 1.19 bits per heavy atom. The van der Waals surface area contributed by atoms with E-state index in [-0.39, 0.29) is 18.2 Å². The Morgan fingerprint density at radius 2 is 1.89 bits per heavy atom. The van der Waals surface area contributed by atoms with Gasteiger partial charge < -0.3 is 4.74 Å². The Balaban J connectivity index is 1.53. The summed E-state index contributed by atoms with van der Waals surface area (Å²) in [5.74, 6) is 0.0495. The van der Waals surface area contributed by atoms with E-state index in [2.05, 4.69) is 9.84 Å². The summed E-state index contributed by atoms with van der Waals surface area (Å²) in [7, 11) is 1.83. The van der Waals surface area contributed by atoms with E-state index in [1.165, 1.54) is 17.1 Å². The molecule has 5 nitrogen and oxygen atoms in total. The second-order valence-corrected chi connectivity index (χ2v) is 6.37. The fourth-order valence-electron chi connectivity index (χ4n) is 2.93. The summed E-state index contributed by atoms with van der Waals surface area (Å²) in [4.78, 5) is 14.3. The molecule has 0 saturated heterocycles. The molecule has 0 fully saturated rings. The molecule has 0 spiro atoms. The van der Waals surface area contributed by atoms with Crippen molar-refractivity contribution in [3.63, 3.8) is 0 Å². The van der Waals surface area contributed by atoms with Gasteiger partial charge in [0, 0.05) is 13.0 Å². The van der Waals surface area contributed by atoms with Crippen molar-refractivity contribution in [2.75, 3.05) is 20.1 Å². The van der Waals surface area contributed by atoms with Gasteiger partial charge in [-0.3, -0.25) is 9.69 Å². The third-order valence-electron chi connectivity index (χ3n) is 4.20. The zero-order chi connectivity index (χ0) is 19.2. The molecule has 1 aliphatic heterocycles. The van der Waals surface area contributed by atoms with Gasteiger partial charge in [-0.2, -0.15) is 13.9 Å². The van der Waals surface area contributed by atoms with Crippen LogP contribution in [-0.2, 0) is 11.3 Å². The van der Waals surface area contributed by atoms with E-state index in [1.807, 2.05) is 42.3 Å². The topological polar surface area (TPSA) is 45.1 Å².